The van der Waals surface area contributed by atoms with Crippen LogP contribution in [0.15, 0.2) is 47.1 Å². The van der Waals surface area contributed by atoms with Gasteiger partial charge in [-0.05, 0) is 48.0 Å². The molecule has 0 aliphatic carbocycles. The highest BCUT2D eigenvalue weighted by molar-refractivity contribution is 9.10. The molecule has 0 unspecified atom stereocenters. The van der Waals surface area contributed by atoms with Crippen molar-refractivity contribution in [3.05, 3.63) is 76.1 Å². The largest absolute Gasteiger partial charge is 0.493 e. The third-order valence-corrected chi connectivity index (χ3v) is 4.75. The Morgan fingerprint density at radius 1 is 1.31 bits per heavy atom. The Bertz CT molecular complexity index is 990. The molecule has 0 saturated heterocycles. The number of carbonyl (C=O) groups excluding carboxylic acids is 1. The number of nitrogens with zero attached hydrogens (tertiary/aromatic N) is 1. The fourth-order valence-electron chi connectivity index (χ4n) is 2.77. The van der Waals surface area contributed by atoms with Gasteiger partial charge in [0.05, 0.1) is 12.2 Å². The van der Waals surface area contributed by atoms with E-state index in [1.807, 2.05) is 12.1 Å². The molecular formula is C20H12BrFN2O2. The standard InChI is InChI=1S/C20H12BrFN2O2/c21-16-9-12-7-8-26-18(12)10-15(16)13-5-6-19(23-11-13)24-20(25)14-3-1-2-4-17(14)22/h1,3,5-6,9-11H,7-8H2,(H,23,24,25). The number of fused-ring (bicyclic) bond motifs is 1. The van der Waals surface area contributed by atoms with Crippen LogP contribution in [0.2, 0.25) is 0 Å². The number of anilines is 1. The van der Waals surface area contributed by atoms with E-state index in [1.165, 1.54) is 17.7 Å². The number of ether oxygens (including phenoxy) is 1. The molecule has 0 radical (unpaired) electrons. The number of hydrogen-bond acceptors (Lipinski definition) is 3. The summed E-state index contributed by atoms with van der Waals surface area (Å²) < 4.78 is 20.2. The SMILES string of the molecule is O=C(Nc1ccc(-c2cc3c(cc2Br)CCO3)cn1)c1ccc#cc1F. The van der Waals surface area contributed by atoms with Crippen molar-refractivity contribution in [3.63, 3.8) is 0 Å². The molecule has 6 heteroatoms. The van der Waals surface area contributed by atoms with Crippen LogP contribution in [0.25, 0.3) is 11.1 Å². The second kappa shape index (κ2) is 6.77. The zero-order chi connectivity index (χ0) is 18.1. The maximum atomic E-state index is 13.6. The summed E-state index contributed by atoms with van der Waals surface area (Å²) in [6.45, 7) is 0.694. The number of pyridine rings is 1. The zero-order valence-corrected chi connectivity index (χ0v) is 15.1. The second-order valence-electron chi connectivity index (χ2n) is 5.75. The minimum Gasteiger partial charge on any atom is -0.493 e. The summed E-state index contributed by atoms with van der Waals surface area (Å²) in [4.78, 5) is 16.4. The summed E-state index contributed by atoms with van der Waals surface area (Å²) >= 11 is 3.58. The summed E-state index contributed by atoms with van der Waals surface area (Å²) in [5, 5.41) is 2.57. The lowest BCUT2D eigenvalue weighted by Gasteiger charge is -2.09. The molecular weight excluding hydrogens is 399 g/mol. The lowest BCUT2D eigenvalue weighted by molar-refractivity contribution is 0.102. The number of carbonyl (C=O) groups is 1. The van der Waals surface area contributed by atoms with Gasteiger partial charge in [0.2, 0.25) is 0 Å². The summed E-state index contributed by atoms with van der Waals surface area (Å²) in [6.07, 6.45) is 2.56. The fourth-order valence-corrected chi connectivity index (χ4v) is 3.39. The maximum Gasteiger partial charge on any atom is 0.260 e. The fraction of sp³-hybridized carbons (Fsp3) is 0.100. The first kappa shape index (κ1) is 16.6. The normalized spacial score (nSPS) is 12.1. The van der Waals surface area contributed by atoms with Crippen molar-refractivity contribution in [2.75, 3.05) is 11.9 Å². The monoisotopic (exact) mass is 410 g/mol. The van der Waals surface area contributed by atoms with E-state index in [9.17, 15) is 9.18 Å². The number of hydrogen-bond donors (Lipinski definition) is 1. The van der Waals surface area contributed by atoms with Crippen molar-refractivity contribution in [1.82, 2.24) is 4.98 Å². The van der Waals surface area contributed by atoms with Crippen LogP contribution in [0.1, 0.15) is 15.9 Å². The Hall–Kier alpha value is -2.91. The average Bonchev–Trinajstić information content (AvgIpc) is 3.09. The van der Waals surface area contributed by atoms with E-state index in [0.29, 0.717) is 12.4 Å². The summed E-state index contributed by atoms with van der Waals surface area (Å²) in [6, 6.07) is 15.0. The van der Waals surface area contributed by atoms with Gasteiger partial charge in [-0.1, -0.05) is 22.0 Å². The number of amides is 1. The Morgan fingerprint density at radius 2 is 2.19 bits per heavy atom. The smallest absolute Gasteiger partial charge is 0.260 e. The van der Waals surface area contributed by atoms with Crippen molar-refractivity contribution in [1.29, 1.82) is 0 Å². The number of benzene rings is 1. The van der Waals surface area contributed by atoms with Crippen LogP contribution in [0.4, 0.5) is 10.2 Å². The van der Waals surface area contributed by atoms with Gasteiger partial charge in [-0.2, -0.15) is 4.39 Å². The first-order valence-electron chi connectivity index (χ1n) is 7.92. The molecule has 0 fully saturated rings. The van der Waals surface area contributed by atoms with Gasteiger partial charge in [0.15, 0.2) is 5.82 Å². The van der Waals surface area contributed by atoms with Gasteiger partial charge in [-0.25, -0.2) is 4.98 Å². The van der Waals surface area contributed by atoms with Gasteiger partial charge < -0.3 is 10.1 Å². The van der Waals surface area contributed by atoms with Crippen LogP contribution in [0, 0.1) is 17.9 Å². The van der Waals surface area contributed by atoms with E-state index in [1.54, 1.807) is 12.3 Å². The van der Waals surface area contributed by atoms with Gasteiger partial charge in [0, 0.05) is 28.2 Å². The molecule has 1 aromatic heterocycles. The van der Waals surface area contributed by atoms with E-state index in [2.05, 4.69) is 44.4 Å². The highest BCUT2D eigenvalue weighted by Crippen LogP contribution is 2.37. The van der Waals surface area contributed by atoms with Crippen LogP contribution < -0.4 is 10.1 Å². The van der Waals surface area contributed by atoms with Crippen LogP contribution in [0.5, 0.6) is 5.75 Å². The van der Waals surface area contributed by atoms with E-state index in [-0.39, 0.29) is 5.56 Å². The Labute approximate surface area is 158 Å². The van der Waals surface area contributed by atoms with Crippen molar-refractivity contribution < 1.29 is 13.9 Å². The van der Waals surface area contributed by atoms with Crippen LogP contribution >= 0.6 is 15.9 Å². The molecule has 1 N–H and O–H groups in total. The molecule has 2 heterocycles. The topological polar surface area (TPSA) is 51.2 Å². The molecule has 26 heavy (non-hydrogen) atoms. The Balaban J connectivity index is 1.56. The molecule has 1 amide bonds. The number of nitrogens with one attached hydrogen (secondary N) is 1. The average molecular weight is 411 g/mol. The van der Waals surface area contributed by atoms with Gasteiger partial charge in [-0.15, -0.1) is 0 Å². The molecule has 2 aromatic carbocycles. The minimum absolute atomic E-state index is 0.104. The van der Waals surface area contributed by atoms with Crippen molar-refractivity contribution in [2.45, 2.75) is 6.42 Å². The first-order valence-corrected chi connectivity index (χ1v) is 8.72. The van der Waals surface area contributed by atoms with Crippen molar-refractivity contribution >= 4 is 27.7 Å². The maximum absolute atomic E-state index is 13.6. The van der Waals surface area contributed by atoms with Gasteiger partial charge in [0.25, 0.3) is 5.91 Å². The first-order chi connectivity index (χ1) is 12.6. The van der Waals surface area contributed by atoms with E-state index in [4.69, 9.17) is 4.74 Å². The molecule has 0 saturated carbocycles. The molecule has 0 spiro atoms. The highest BCUT2D eigenvalue weighted by Gasteiger charge is 2.16. The summed E-state index contributed by atoms with van der Waals surface area (Å²) in [7, 11) is 0. The number of halogens is 2. The third-order valence-electron chi connectivity index (χ3n) is 4.09. The molecule has 128 valence electrons. The van der Waals surface area contributed by atoms with E-state index >= 15 is 0 Å². The predicted molar refractivity (Wildman–Crippen MR) is 98.6 cm³/mol. The van der Waals surface area contributed by atoms with Crippen LogP contribution in [-0.2, 0) is 6.42 Å². The lowest BCUT2D eigenvalue weighted by atomic mass is 10.0. The van der Waals surface area contributed by atoms with Crippen LogP contribution in [-0.4, -0.2) is 17.5 Å². The predicted octanol–water partition coefficient (Wildman–Crippen LogP) is 4.44. The Morgan fingerprint density at radius 3 is 2.96 bits per heavy atom. The molecule has 4 nitrogen and oxygen atoms in total. The quantitative estimate of drug-likeness (QED) is 0.694. The molecule has 1 aliphatic heterocycles. The summed E-state index contributed by atoms with van der Waals surface area (Å²) in [5.41, 5.74) is 2.90. The van der Waals surface area contributed by atoms with Gasteiger partial charge >= 0.3 is 0 Å². The van der Waals surface area contributed by atoms with Crippen LogP contribution in [0.3, 0.4) is 0 Å². The minimum atomic E-state index is -0.747. The lowest BCUT2D eigenvalue weighted by Crippen LogP contribution is -2.14. The Kier molecular flexibility index (Phi) is 4.31. The van der Waals surface area contributed by atoms with Crippen molar-refractivity contribution in [3.8, 4) is 16.9 Å². The van der Waals surface area contributed by atoms with E-state index in [0.717, 1.165) is 27.8 Å². The van der Waals surface area contributed by atoms with Gasteiger partial charge in [-0.3, -0.25) is 4.79 Å². The number of aromatic nitrogens is 1. The number of rotatable bonds is 3. The summed E-state index contributed by atoms with van der Waals surface area (Å²) in [5.74, 6) is -0.114. The zero-order valence-electron chi connectivity index (χ0n) is 13.5. The molecule has 4 rings (SSSR count). The highest BCUT2D eigenvalue weighted by atomic mass is 79.9. The second-order valence-corrected chi connectivity index (χ2v) is 6.61. The molecule has 3 aromatic rings. The third kappa shape index (κ3) is 3.14. The van der Waals surface area contributed by atoms with Crippen molar-refractivity contribution in [2.24, 2.45) is 0 Å². The van der Waals surface area contributed by atoms with Gasteiger partial charge in [0.1, 0.15) is 11.6 Å². The molecule has 1 aliphatic rings. The van der Waals surface area contributed by atoms with E-state index < -0.39 is 11.7 Å². The molecule has 0 atom stereocenters. The molecule has 0 bridgehead atoms.